The molecule has 0 saturated carbocycles. The summed E-state index contributed by atoms with van der Waals surface area (Å²) in [4.78, 5) is 0. The van der Waals surface area contributed by atoms with E-state index in [1.54, 1.807) is 0 Å². The molecule has 0 heterocycles. The van der Waals surface area contributed by atoms with E-state index in [1.807, 2.05) is 0 Å². The van der Waals surface area contributed by atoms with Crippen LogP contribution in [0.4, 0.5) is 0 Å². The van der Waals surface area contributed by atoms with Crippen molar-refractivity contribution < 1.29 is 0 Å². The van der Waals surface area contributed by atoms with Gasteiger partial charge in [0.1, 0.15) is 0 Å². The molecule has 0 nitrogen and oxygen atoms in total. The van der Waals surface area contributed by atoms with Gasteiger partial charge in [-0.1, -0.05) is 174 Å². The summed E-state index contributed by atoms with van der Waals surface area (Å²) >= 11 is 0. The van der Waals surface area contributed by atoms with Gasteiger partial charge in [0, 0.05) is 0 Å². The SMILES string of the molecule is CCCCCCCC/C=C/C1C(CCCCCCCC)C=CC(CCCCCC)C1CCCCCC. The van der Waals surface area contributed by atoms with Crippen LogP contribution >= 0.6 is 0 Å². The molecule has 4 unspecified atom stereocenters. The molecule has 1 rings (SSSR count). The van der Waals surface area contributed by atoms with Crippen LogP contribution in [0, 0.1) is 23.7 Å². The van der Waals surface area contributed by atoms with Gasteiger partial charge in [-0.2, -0.15) is 0 Å². The van der Waals surface area contributed by atoms with Crippen LogP contribution in [0.3, 0.4) is 0 Å². The number of unbranched alkanes of at least 4 members (excludes halogenated alkanes) is 17. The number of hydrogen-bond acceptors (Lipinski definition) is 0. The third kappa shape index (κ3) is 16.3. The zero-order chi connectivity index (χ0) is 26.1. The highest BCUT2D eigenvalue weighted by molar-refractivity contribution is 5.10. The first-order valence-electron chi connectivity index (χ1n) is 17.1. The molecule has 0 amide bonds. The minimum Gasteiger partial charge on any atom is -0.0882 e. The van der Waals surface area contributed by atoms with Gasteiger partial charge < -0.3 is 0 Å². The minimum atomic E-state index is 0.792. The quantitative estimate of drug-likeness (QED) is 0.0863. The van der Waals surface area contributed by atoms with E-state index >= 15 is 0 Å². The molecule has 36 heavy (non-hydrogen) atoms. The van der Waals surface area contributed by atoms with Crippen molar-refractivity contribution in [3.63, 3.8) is 0 Å². The van der Waals surface area contributed by atoms with E-state index in [0.29, 0.717) is 0 Å². The van der Waals surface area contributed by atoms with Crippen LogP contribution in [-0.2, 0) is 0 Å². The maximum absolute atomic E-state index is 2.74. The third-order valence-electron chi connectivity index (χ3n) is 8.90. The normalized spacial score (nSPS) is 22.1. The molecule has 0 spiro atoms. The predicted octanol–water partition coefficient (Wildman–Crippen LogP) is 13.0. The first kappa shape index (κ1) is 33.5. The van der Waals surface area contributed by atoms with Crippen molar-refractivity contribution in [3.8, 4) is 0 Å². The molecule has 0 heteroatoms. The van der Waals surface area contributed by atoms with E-state index in [-0.39, 0.29) is 0 Å². The molecule has 4 atom stereocenters. The Hall–Kier alpha value is -0.520. The summed E-state index contributed by atoms with van der Waals surface area (Å²) in [6.07, 6.45) is 44.7. The molecule has 0 aromatic rings. The van der Waals surface area contributed by atoms with E-state index in [4.69, 9.17) is 0 Å². The molecule has 0 radical (unpaired) electrons. The molecule has 0 aromatic heterocycles. The Bertz CT molecular complexity index is 500. The van der Waals surface area contributed by atoms with Gasteiger partial charge in [0.15, 0.2) is 0 Å². The maximum Gasteiger partial charge on any atom is -0.0137 e. The first-order valence-corrected chi connectivity index (χ1v) is 17.1. The molecule has 1 aliphatic carbocycles. The highest BCUT2D eigenvalue weighted by Crippen LogP contribution is 2.43. The second kappa shape index (κ2) is 24.8. The van der Waals surface area contributed by atoms with Gasteiger partial charge in [0.25, 0.3) is 0 Å². The van der Waals surface area contributed by atoms with Gasteiger partial charge in [-0.05, 0) is 55.8 Å². The molecular formula is C36H68. The molecule has 0 N–H and O–H groups in total. The van der Waals surface area contributed by atoms with E-state index in [9.17, 15) is 0 Å². The zero-order valence-electron chi connectivity index (χ0n) is 25.6. The van der Waals surface area contributed by atoms with Crippen molar-refractivity contribution in [3.05, 3.63) is 24.3 Å². The van der Waals surface area contributed by atoms with E-state index in [0.717, 1.165) is 23.7 Å². The van der Waals surface area contributed by atoms with Gasteiger partial charge in [-0.25, -0.2) is 0 Å². The van der Waals surface area contributed by atoms with Crippen molar-refractivity contribution in [2.24, 2.45) is 23.7 Å². The summed E-state index contributed by atoms with van der Waals surface area (Å²) in [5.74, 6) is 3.30. The smallest absolute Gasteiger partial charge is 0.0137 e. The average Bonchev–Trinajstić information content (AvgIpc) is 2.89. The van der Waals surface area contributed by atoms with Crippen LogP contribution in [0.2, 0.25) is 0 Å². The van der Waals surface area contributed by atoms with Crippen molar-refractivity contribution in [2.75, 3.05) is 0 Å². The fourth-order valence-corrected chi connectivity index (χ4v) is 6.52. The zero-order valence-corrected chi connectivity index (χ0v) is 25.6. The van der Waals surface area contributed by atoms with E-state index < -0.39 is 0 Å². The van der Waals surface area contributed by atoms with Gasteiger partial charge in [0.05, 0.1) is 0 Å². The molecule has 0 saturated heterocycles. The highest BCUT2D eigenvalue weighted by atomic mass is 14.4. The first-order chi connectivity index (χ1) is 17.8. The summed E-state index contributed by atoms with van der Waals surface area (Å²) in [7, 11) is 0. The van der Waals surface area contributed by atoms with Crippen LogP contribution in [0.1, 0.15) is 182 Å². The van der Waals surface area contributed by atoms with Crippen molar-refractivity contribution in [1.29, 1.82) is 0 Å². The number of rotatable bonds is 25. The summed E-state index contributed by atoms with van der Waals surface area (Å²) in [5, 5.41) is 0. The Morgan fingerprint density at radius 1 is 0.444 bits per heavy atom. The van der Waals surface area contributed by atoms with Crippen molar-refractivity contribution >= 4 is 0 Å². The Morgan fingerprint density at radius 2 is 0.861 bits per heavy atom. The van der Waals surface area contributed by atoms with Gasteiger partial charge in [-0.3, -0.25) is 0 Å². The fraction of sp³-hybridized carbons (Fsp3) is 0.889. The topological polar surface area (TPSA) is 0 Å². The van der Waals surface area contributed by atoms with Gasteiger partial charge >= 0.3 is 0 Å². The molecule has 0 aliphatic heterocycles. The lowest BCUT2D eigenvalue weighted by Gasteiger charge is -2.39. The van der Waals surface area contributed by atoms with Crippen molar-refractivity contribution in [1.82, 2.24) is 0 Å². The molecular weight excluding hydrogens is 432 g/mol. The summed E-state index contributed by atoms with van der Waals surface area (Å²) < 4.78 is 0. The van der Waals surface area contributed by atoms with Crippen LogP contribution < -0.4 is 0 Å². The lowest BCUT2D eigenvalue weighted by atomic mass is 9.66. The summed E-state index contributed by atoms with van der Waals surface area (Å²) in [5.41, 5.74) is 0. The van der Waals surface area contributed by atoms with E-state index in [1.165, 1.54) is 154 Å². The predicted molar refractivity (Wildman–Crippen MR) is 166 cm³/mol. The summed E-state index contributed by atoms with van der Waals surface area (Å²) in [6.45, 7) is 9.34. The van der Waals surface area contributed by atoms with E-state index in [2.05, 4.69) is 52.0 Å². The Labute approximate surface area is 229 Å². The van der Waals surface area contributed by atoms with Crippen LogP contribution in [0.15, 0.2) is 24.3 Å². The average molecular weight is 501 g/mol. The Kier molecular flexibility index (Phi) is 23.1. The number of allylic oxidation sites excluding steroid dienone is 4. The van der Waals surface area contributed by atoms with Gasteiger partial charge in [-0.15, -0.1) is 0 Å². The van der Waals surface area contributed by atoms with Crippen LogP contribution in [0.5, 0.6) is 0 Å². The second-order valence-electron chi connectivity index (χ2n) is 12.2. The summed E-state index contributed by atoms with van der Waals surface area (Å²) in [6, 6.07) is 0. The van der Waals surface area contributed by atoms with Crippen LogP contribution in [-0.4, -0.2) is 0 Å². The fourth-order valence-electron chi connectivity index (χ4n) is 6.52. The monoisotopic (exact) mass is 501 g/mol. The largest absolute Gasteiger partial charge is 0.0882 e. The maximum atomic E-state index is 2.74. The standard InChI is InChI=1S/C36H68/c1-5-9-13-17-19-20-22-26-30-36-34(28-24-21-18-14-10-6-2)32-31-33(27-23-15-11-7-3)35(36)29-25-16-12-8-4/h26,30-36H,5-25,27-29H2,1-4H3/b30-26+. The Morgan fingerprint density at radius 3 is 1.44 bits per heavy atom. The molecule has 0 bridgehead atoms. The van der Waals surface area contributed by atoms with Gasteiger partial charge in [0.2, 0.25) is 0 Å². The molecule has 0 fully saturated rings. The highest BCUT2D eigenvalue weighted by Gasteiger charge is 2.33. The lowest BCUT2D eigenvalue weighted by Crippen LogP contribution is -2.30. The van der Waals surface area contributed by atoms with Crippen LogP contribution in [0.25, 0.3) is 0 Å². The van der Waals surface area contributed by atoms with Crippen molar-refractivity contribution in [2.45, 2.75) is 182 Å². The second-order valence-corrected chi connectivity index (χ2v) is 12.2. The minimum absolute atomic E-state index is 0.792. The molecule has 212 valence electrons. The molecule has 0 aromatic carbocycles. The number of hydrogen-bond donors (Lipinski definition) is 0. The Balaban J connectivity index is 2.78. The third-order valence-corrected chi connectivity index (χ3v) is 8.90. The lowest BCUT2D eigenvalue weighted by molar-refractivity contribution is 0.196. The molecule has 1 aliphatic rings.